The zero-order valence-corrected chi connectivity index (χ0v) is 11.3. The second-order valence-electron chi connectivity index (χ2n) is 4.59. The lowest BCUT2D eigenvalue weighted by Gasteiger charge is -2.17. The molecule has 3 N–H and O–H groups in total. The molecule has 1 atom stereocenters. The minimum absolute atomic E-state index is 0.0755. The number of nitrogens with one attached hydrogen (secondary N) is 2. The van der Waals surface area contributed by atoms with E-state index in [0.29, 0.717) is 0 Å². The number of aliphatic carboxylic acids is 1. The van der Waals surface area contributed by atoms with E-state index in [1.54, 1.807) is 13.8 Å². The maximum absolute atomic E-state index is 11.7. The van der Waals surface area contributed by atoms with E-state index in [1.165, 1.54) is 0 Å². The Labute approximate surface area is 114 Å². The van der Waals surface area contributed by atoms with Gasteiger partial charge in [-0.1, -0.05) is 13.8 Å². The van der Waals surface area contributed by atoms with Crippen LogP contribution in [-0.2, 0) is 9.53 Å². The maximum atomic E-state index is 11.7. The third-order valence-electron chi connectivity index (χ3n) is 2.11. The fraction of sp³-hybridized carbons (Fsp3) is 0.818. The molecule has 0 heterocycles. The van der Waals surface area contributed by atoms with Crippen molar-refractivity contribution in [1.29, 1.82) is 0 Å². The molecule has 0 aromatic carbocycles. The van der Waals surface area contributed by atoms with Gasteiger partial charge in [-0.05, 0) is 12.3 Å². The van der Waals surface area contributed by atoms with Crippen molar-refractivity contribution in [1.82, 2.24) is 10.6 Å². The van der Waals surface area contributed by atoms with Crippen LogP contribution in [-0.4, -0.2) is 49.1 Å². The van der Waals surface area contributed by atoms with Gasteiger partial charge in [-0.3, -0.25) is 0 Å². The highest BCUT2D eigenvalue weighted by atomic mass is 19.4. The van der Waals surface area contributed by atoms with Gasteiger partial charge >= 0.3 is 18.2 Å². The number of carboxylic acid groups (broad SMARTS) is 1. The lowest BCUT2D eigenvalue weighted by Crippen LogP contribution is -2.47. The summed E-state index contributed by atoms with van der Waals surface area (Å²) in [5, 5.41) is 13.3. The lowest BCUT2D eigenvalue weighted by molar-refractivity contribution is -0.173. The average molecular weight is 300 g/mol. The zero-order chi connectivity index (χ0) is 15.8. The van der Waals surface area contributed by atoms with Gasteiger partial charge in [0.2, 0.25) is 0 Å². The highest BCUT2D eigenvalue weighted by Crippen LogP contribution is 2.13. The number of alkyl halides is 3. The van der Waals surface area contributed by atoms with Gasteiger partial charge in [-0.2, -0.15) is 13.2 Å². The Kier molecular flexibility index (Phi) is 7.97. The van der Waals surface area contributed by atoms with Crippen molar-refractivity contribution in [3.05, 3.63) is 0 Å². The molecule has 2 amide bonds. The largest absolute Gasteiger partial charge is 0.480 e. The minimum Gasteiger partial charge on any atom is -0.480 e. The molecule has 0 spiro atoms. The molecule has 0 saturated carbocycles. The Bertz CT molecular complexity index is 321. The van der Waals surface area contributed by atoms with Crippen LogP contribution in [0.15, 0.2) is 0 Å². The molecule has 20 heavy (non-hydrogen) atoms. The number of ether oxygens (including phenoxy) is 1. The van der Waals surface area contributed by atoms with Gasteiger partial charge in [0.05, 0.1) is 6.61 Å². The second kappa shape index (κ2) is 8.62. The predicted molar refractivity (Wildman–Crippen MR) is 64.3 cm³/mol. The summed E-state index contributed by atoms with van der Waals surface area (Å²) in [6, 6.07) is -1.79. The second-order valence-corrected chi connectivity index (χ2v) is 4.59. The van der Waals surface area contributed by atoms with E-state index < -0.39 is 30.8 Å². The van der Waals surface area contributed by atoms with Crippen LogP contribution in [0.4, 0.5) is 18.0 Å². The molecule has 1 unspecified atom stereocenters. The first kappa shape index (κ1) is 18.5. The summed E-state index contributed by atoms with van der Waals surface area (Å²) < 4.78 is 39.5. The standard InChI is InChI=1S/C11H19F3N2O4/c1-7(2)5-8(9(17)18)16-10(19)15-3-4-20-6-11(12,13)14/h7-8H,3-6H2,1-2H3,(H,17,18)(H2,15,16,19). The van der Waals surface area contributed by atoms with Gasteiger partial charge in [0.25, 0.3) is 0 Å². The Morgan fingerprint density at radius 3 is 2.35 bits per heavy atom. The van der Waals surface area contributed by atoms with Crippen LogP contribution in [0.1, 0.15) is 20.3 Å². The number of hydrogen-bond acceptors (Lipinski definition) is 3. The van der Waals surface area contributed by atoms with Crippen molar-refractivity contribution < 1.29 is 32.6 Å². The molecule has 0 aromatic heterocycles. The molecular formula is C11H19F3N2O4. The Balaban J connectivity index is 3.88. The molecule has 0 aliphatic heterocycles. The van der Waals surface area contributed by atoms with Crippen LogP contribution >= 0.6 is 0 Å². The van der Waals surface area contributed by atoms with E-state index in [2.05, 4.69) is 15.4 Å². The summed E-state index contributed by atoms with van der Waals surface area (Å²) in [6.07, 6.45) is -4.15. The summed E-state index contributed by atoms with van der Waals surface area (Å²) >= 11 is 0. The summed E-state index contributed by atoms with van der Waals surface area (Å²) in [6.45, 7) is 1.77. The number of rotatable bonds is 8. The summed E-state index contributed by atoms with van der Waals surface area (Å²) in [5.41, 5.74) is 0. The summed E-state index contributed by atoms with van der Waals surface area (Å²) in [5.74, 6) is -1.09. The van der Waals surface area contributed by atoms with E-state index in [4.69, 9.17) is 5.11 Å². The molecule has 0 fully saturated rings. The highest BCUT2D eigenvalue weighted by molar-refractivity contribution is 5.82. The molecule has 0 aliphatic rings. The van der Waals surface area contributed by atoms with Crippen LogP contribution in [0, 0.1) is 5.92 Å². The molecule has 9 heteroatoms. The third kappa shape index (κ3) is 10.4. The number of amides is 2. The third-order valence-corrected chi connectivity index (χ3v) is 2.11. The number of urea groups is 1. The summed E-state index contributed by atoms with van der Waals surface area (Å²) in [4.78, 5) is 22.2. The average Bonchev–Trinajstić information content (AvgIpc) is 2.25. The Morgan fingerprint density at radius 1 is 1.30 bits per heavy atom. The van der Waals surface area contributed by atoms with Crippen LogP contribution < -0.4 is 10.6 Å². The monoisotopic (exact) mass is 300 g/mol. The number of hydrogen-bond donors (Lipinski definition) is 3. The molecule has 0 saturated heterocycles. The summed E-state index contributed by atoms with van der Waals surface area (Å²) in [7, 11) is 0. The highest BCUT2D eigenvalue weighted by Gasteiger charge is 2.27. The number of carbonyl (C=O) groups is 2. The van der Waals surface area contributed by atoms with Crippen LogP contribution in [0.5, 0.6) is 0 Å². The van der Waals surface area contributed by atoms with Gasteiger partial charge in [0, 0.05) is 6.54 Å². The van der Waals surface area contributed by atoms with Gasteiger partial charge in [-0.15, -0.1) is 0 Å². The molecule has 6 nitrogen and oxygen atoms in total. The van der Waals surface area contributed by atoms with Crippen molar-refractivity contribution in [3.8, 4) is 0 Å². The lowest BCUT2D eigenvalue weighted by atomic mass is 10.0. The van der Waals surface area contributed by atoms with Crippen LogP contribution in [0.3, 0.4) is 0 Å². The molecule has 0 aromatic rings. The first-order valence-electron chi connectivity index (χ1n) is 6.03. The van der Waals surface area contributed by atoms with Gasteiger partial charge in [-0.25, -0.2) is 9.59 Å². The van der Waals surface area contributed by atoms with Gasteiger partial charge in [0.1, 0.15) is 12.6 Å². The maximum Gasteiger partial charge on any atom is 0.411 e. The van der Waals surface area contributed by atoms with Crippen molar-refractivity contribution in [2.24, 2.45) is 5.92 Å². The predicted octanol–water partition coefficient (Wildman–Crippen LogP) is 1.36. The molecule has 0 bridgehead atoms. The normalized spacial score (nSPS) is 13.1. The van der Waals surface area contributed by atoms with Crippen molar-refractivity contribution >= 4 is 12.0 Å². The minimum atomic E-state index is -4.41. The number of halogens is 3. The molecular weight excluding hydrogens is 281 g/mol. The molecule has 0 aliphatic carbocycles. The molecule has 0 radical (unpaired) electrons. The first-order chi connectivity index (χ1) is 9.11. The van der Waals surface area contributed by atoms with Crippen molar-refractivity contribution in [2.45, 2.75) is 32.5 Å². The van der Waals surface area contributed by atoms with E-state index in [0.717, 1.165) is 0 Å². The van der Waals surface area contributed by atoms with Crippen molar-refractivity contribution in [3.63, 3.8) is 0 Å². The van der Waals surface area contributed by atoms with Gasteiger partial charge in [0.15, 0.2) is 0 Å². The van der Waals surface area contributed by atoms with E-state index in [-0.39, 0.29) is 25.5 Å². The smallest absolute Gasteiger partial charge is 0.411 e. The fourth-order valence-corrected chi connectivity index (χ4v) is 1.33. The van der Waals surface area contributed by atoms with E-state index in [1.807, 2.05) is 0 Å². The van der Waals surface area contributed by atoms with Crippen molar-refractivity contribution in [2.75, 3.05) is 19.8 Å². The Hall–Kier alpha value is -1.51. The van der Waals surface area contributed by atoms with Crippen LogP contribution in [0.25, 0.3) is 0 Å². The molecule has 0 rings (SSSR count). The zero-order valence-electron chi connectivity index (χ0n) is 11.3. The Morgan fingerprint density at radius 2 is 1.90 bits per heavy atom. The topological polar surface area (TPSA) is 87.7 Å². The SMILES string of the molecule is CC(C)CC(NC(=O)NCCOCC(F)(F)F)C(=O)O. The number of carboxylic acids is 1. The fourth-order valence-electron chi connectivity index (χ4n) is 1.33. The first-order valence-corrected chi connectivity index (χ1v) is 6.03. The molecule has 118 valence electrons. The van der Waals surface area contributed by atoms with E-state index >= 15 is 0 Å². The quantitative estimate of drug-likeness (QED) is 0.591. The van der Waals surface area contributed by atoms with E-state index in [9.17, 15) is 22.8 Å². The number of carbonyl (C=O) groups excluding carboxylic acids is 1. The van der Waals surface area contributed by atoms with Gasteiger partial charge < -0.3 is 20.5 Å². The van der Waals surface area contributed by atoms with Crippen LogP contribution in [0.2, 0.25) is 0 Å².